The number of likely N-dealkylation sites (tertiary alicyclic amines) is 1. The van der Waals surface area contributed by atoms with Gasteiger partial charge >= 0.3 is 5.97 Å². The molecule has 1 aliphatic heterocycles. The molecule has 4 nitrogen and oxygen atoms in total. The summed E-state index contributed by atoms with van der Waals surface area (Å²) in [6.45, 7) is 4.24. The lowest BCUT2D eigenvalue weighted by molar-refractivity contribution is -0.157. The minimum absolute atomic E-state index is 0.0364. The molecule has 2 aliphatic rings. The highest BCUT2D eigenvalue weighted by molar-refractivity contribution is 5.88. The van der Waals surface area contributed by atoms with Crippen molar-refractivity contribution in [2.75, 3.05) is 6.54 Å². The summed E-state index contributed by atoms with van der Waals surface area (Å²) < 4.78 is 0. The van der Waals surface area contributed by atoms with Gasteiger partial charge < -0.3 is 10.0 Å². The molecule has 0 bridgehead atoms. The van der Waals surface area contributed by atoms with Crippen molar-refractivity contribution in [2.24, 2.45) is 11.8 Å². The molecule has 1 saturated heterocycles. The van der Waals surface area contributed by atoms with Crippen LogP contribution in [0.15, 0.2) is 0 Å². The number of amides is 1. The van der Waals surface area contributed by atoms with Gasteiger partial charge in [-0.05, 0) is 32.1 Å². The smallest absolute Gasteiger partial charge is 0.329 e. The van der Waals surface area contributed by atoms with E-state index in [9.17, 15) is 14.7 Å². The molecule has 1 saturated carbocycles. The number of aliphatic carboxylic acids is 1. The first-order chi connectivity index (χ1) is 8.95. The van der Waals surface area contributed by atoms with Gasteiger partial charge in [-0.3, -0.25) is 4.79 Å². The Bertz CT molecular complexity index is 362. The normalized spacial score (nSPS) is 29.7. The average Bonchev–Trinajstić information content (AvgIpc) is 2.98. The van der Waals surface area contributed by atoms with E-state index in [0.717, 1.165) is 12.8 Å². The standard InChI is InChI=1S/C15H25NO3/c1-11(10-12-6-3-4-7-12)13(17)16-9-5-8-15(16,2)14(18)19/h11-12H,3-10H2,1-2H3,(H,18,19). The third-order valence-electron chi connectivity index (χ3n) is 4.95. The third-order valence-corrected chi connectivity index (χ3v) is 4.95. The maximum Gasteiger partial charge on any atom is 0.329 e. The van der Waals surface area contributed by atoms with Gasteiger partial charge in [0.1, 0.15) is 5.54 Å². The largest absolute Gasteiger partial charge is 0.480 e. The fourth-order valence-corrected chi connectivity index (χ4v) is 3.65. The molecule has 4 heteroatoms. The van der Waals surface area contributed by atoms with Crippen LogP contribution in [-0.4, -0.2) is 34.0 Å². The summed E-state index contributed by atoms with van der Waals surface area (Å²) in [5.41, 5.74) is -0.985. The zero-order valence-electron chi connectivity index (χ0n) is 12.0. The van der Waals surface area contributed by atoms with Crippen molar-refractivity contribution in [1.82, 2.24) is 4.90 Å². The van der Waals surface area contributed by atoms with E-state index >= 15 is 0 Å². The van der Waals surface area contributed by atoms with E-state index in [-0.39, 0.29) is 11.8 Å². The molecule has 1 N–H and O–H groups in total. The van der Waals surface area contributed by atoms with Crippen LogP contribution in [0.25, 0.3) is 0 Å². The lowest BCUT2D eigenvalue weighted by atomic mass is 9.92. The van der Waals surface area contributed by atoms with E-state index in [1.54, 1.807) is 11.8 Å². The molecule has 2 fully saturated rings. The van der Waals surface area contributed by atoms with Crippen LogP contribution in [0, 0.1) is 11.8 Å². The van der Waals surface area contributed by atoms with Crippen LogP contribution >= 0.6 is 0 Å². The number of carbonyl (C=O) groups is 2. The van der Waals surface area contributed by atoms with Gasteiger partial charge in [-0.15, -0.1) is 0 Å². The van der Waals surface area contributed by atoms with Crippen LogP contribution in [0.4, 0.5) is 0 Å². The zero-order valence-corrected chi connectivity index (χ0v) is 12.0. The second-order valence-electron chi connectivity index (χ2n) is 6.46. The fraction of sp³-hybridized carbons (Fsp3) is 0.867. The predicted molar refractivity (Wildman–Crippen MR) is 72.7 cm³/mol. The Hall–Kier alpha value is -1.06. The quantitative estimate of drug-likeness (QED) is 0.852. The Morgan fingerprint density at radius 3 is 2.53 bits per heavy atom. The van der Waals surface area contributed by atoms with E-state index in [0.29, 0.717) is 18.9 Å². The van der Waals surface area contributed by atoms with Crippen molar-refractivity contribution in [1.29, 1.82) is 0 Å². The van der Waals surface area contributed by atoms with E-state index in [1.165, 1.54) is 25.7 Å². The molecule has 2 rings (SSSR count). The van der Waals surface area contributed by atoms with Crippen LogP contribution in [0.3, 0.4) is 0 Å². The van der Waals surface area contributed by atoms with Gasteiger partial charge in [-0.2, -0.15) is 0 Å². The molecule has 2 unspecified atom stereocenters. The van der Waals surface area contributed by atoms with Crippen molar-refractivity contribution in [3.05, 3.63) is 0 Å². The highest BCUT2D eigenvalue weighted by atomic mass is 16.4. The van der Waals surface area contributed by atoms with E-state index in [4.69, 9.17) is 0 Å². The molecule has 1 heterocycles. The molecule has 0 radical (unpaired) electrons. The second kappa shape index (κ2) is 5.51. The van der Waals surface area contributed by atoms with Gasteiger partial charge in [-0.25, -0.2) is 4.79 Å². The van der Waals surface area contributed by atoms with Crippen molar-refractivity contribution < 1.29 is 14.7 Å². The first-order valence-corrected chi connectivity index (χ1v) is 7.50. The van der Waals surface area contributed by atoms with Crippen molar-refractivity contribution in [3.63, 3.8) is 0 Å². The molecule has 1 amide bonds. The molecule has 0 spiro atoms. The van der Waals surface area contributed by atoms with Crippen LogP contribution in [-0.2, 0) is 9.59 Å². The van der Waals surface area contributed by atoms with E-state index in [1.807, 2.05) is 6.92 Å². The highest BCUT2D eigenvalue weighted by Gasteiger charge is 2.46. The summed E-state index contributed by atoms with van der Waals surface area (Å²) in [5.74, 6) is -0.210. The van der Waals surface area contributed by atoms with Gasteiger partial charge in [0, 0.05) is 12.5 Å². The van der Waals surface area contributed by atoms with Gasteiger partial charge in [0.05, 0.1) is 0 Å². The number of rotatable bonds is 4. The van der Waals surface area contributed by atoms with E-state index in [2.05, 4.69) is 0 Å². The summed E-state index contributed by atoms with van der Waals surface area (Å²) in [6.07, 6.45) is 7.31. The monoisotopic (exact) mass is 267 g/mol. The number of carbonyl (C=O) groups excluding carboxylic acids is 1. The number of hydrogen-bond donors (Lipinski definition) is 1. The maximum atomic E-state index is 12.5. The Balaban J connectivity index is 1.99. The average molecular weight is 267 g/mol. The summed E-state index contributed by atoms with van der Waals surface area (Å²) in [5, 5.41) is 9.36. The lowest BCUT2D eigenvalue weighted by Gasteiger charge is -2.33. The number of carboxylic acid groups (broad SMARTS) is 1. The minimum atomic E-state index is -0.985. The molecule has 2 atom stereocenters. The summed E-state index contributed by atoms with van der Waals surface area (Å²) >= 11 is 0. The van der Waals surface area contributed by atoms with Gasteiger partial charge in [0.15, 0.2) is 0 Å². The summed E-state index contributed by atoms with van der Waals surface area (Å²) in [6, 6.07) is 0. The molecule has 1 aliphatic carbocycles. The minimum Gasteiger partial charge on any atom is -0.480 e. The molecule has 0 aromatic carbocycles. The van der Waals surface area contributed by atoms with E-state index < -0.39 is 11.5 Å². The van der Waals surface area contributed by atoms with Gasteiger partial charge in [-0.1, -0.05) is 32.6 Å². The number of carboxylic acids is 1. The number of hydrogen-bond acceptors (Lipinski definition) is 2. The maximum absolute atomic E-state index is 12.5. The summed E-state index contributed by atoms with van der Waals surface area (Å²) in [4.78, 5) is 25.5. The topological polar surface area (TPSA) is 57.6 Å². The molecule has 0 aromatic heterocycles. The second-order valence-corrected chi connectivity index (χ2v) is 6.46. The first kappa shape index (κ1) is 14.4. The Morgan fingerprint density at radius 2 is 1.95 bits per heavy atom. The van der Waals surface area contributed by atoms with Crippen molar-refractivity contribution in [3.8, 4) is 0 Å². The van der Waals surface area contributed by atoms with Crippen LogP contribution in [0.5, 0.6) is 0 Å². The molecular formula is C15H25NO3. The van der Waals surface area contributed by atoms with Crippen molar-refractivity contribution in [2.45, 2.75) is 64.3 Å². The molecular weight excluding hydrogens is 242 g/mol. The van der Waals surface area contributed by atoms with Crippen LogP contribution in [0.2, 0.25) is 0 Å². The first-order valence-electron chi connectivity index (χ1n) is 7.50. The molecule has 19 heavy (non-hydrogen) atoms. The highest BCUT2D eigenvalue weighted by Crippen LogP contribution is 2.34. The molecule has 0 aromatic rings. The van der Waals surface area contributed by atoms with Crippen LogP contribution in [0.1, 0.15) is 58.8 Å². The Labute approximate surface area is 115 Å². The number of nitrogens with zero attached hydrogens (tertiary/aromatic N) is 1. The summed E-state index contributed by atoms with van der Waals surface area (Å²) in [7, 11) is 0. The predicted octanol–water partition coefficient (Wildman–Crippen LogP) is 2.67. The van der Waals surface area contributed by atoms with Gasteiger partial charge in [0.25, 0.3) is 0 Å². The zero-order chi connectivity index (χ0) is 14.0. The van der Waals surface area contributed by atoms with Crippen molar-refractivity contribution >= 4 is 11.9 Å². The van der Waals surface area contributed by atoms with Crippen LogP contribution < -0.4 is 0 Å². The van der Waals surface area contributed by atoms with Gasteiger partial charge in [0.2, 0.25) is 5.91 Å². The Morgan fingerprint density at radius 1 is 1.32 bits per heavy atom. The Kier molecular flexibility index (Phi) is 4.16. The molecule has 108 valence electrons. The lowest BCUT2D eigenvalue weighted by Crippen LogP contribution is -2.52. The SMILES string of the molecule is CC(CC1CCCC1)C(=O)N1CCCC1(C)C(=O)O. The fourth-order valence-electron chi connectivity index (χ4n) is 3.65. The third kappa shape index (κ3) is 2.77.